The van der Waals surface area contributed by atoms with Gasteiger partial charge < -0.3 is 9.73 Å². The number of furan rings is 1. The van der Waals surface area contributed by atoms with Gasteiger partial charge in [-0.3, -0.25) is 4.79 Å². The molecule has 2 aromatic heterocycles. The Balaban J connectivity index is 1.42. The van der Waals surface area contributed by atoms with Crippen LogP contribution in [0, 0.1) is 5.92 Å². The Kier molecular flexibility index (Phi) is 4.34. The maximum atomic E-state index is 12.2. The molecule has 4 rings (SSSR count). The number of carbonyl (C=O) groups excluding carboxylic acids is 1. The predicted molar refractivity (Wildman–Crippen MR) is 95.7 cm³/mol. The number of thiazole rings is 1. The van der Waals surface area contributed by atoms with Crippen molar-refractivity contribution in [2.45, 2.75) is 38.6 Å². The molecule has 24 heavy (non-hydrogen) atoms. The number of rotatable bonds is 4. The van der Waals surface area contributed by atoms with Gasteiger partial charge in [0.05, 0.1) is 16.8 Å². The van der Waals surface area contributed by atoms with Gasteiger partial charge in [0.1, 0.15) is 5.76 Å². The highest BCUT2D eigenvalue weighted by atomic mass is 32.1. The molecule has 3 aromatic rings. The van der Waals surface area contributed by atoms with Crippen molar-refractivity contribution < 1.29 is 9.21 Å². The molecule has 1 aliphatic rings. The topological polar surface area (TPSA) is 55.1 Å². The van der Waals surface area contributed by atoms with Crippen LogP contribution in [0.5, 0.6) is 0 Å². The van der Waals surface area contributed by atoms with Gasteiger partial charge in [0.2, 0.25) is 5.91 Å². The van der Waals surface area contributed by atoms with Crippen LogP contribution in [0.3, 0.4) is 0 Å². The zero-order valence-electron chi connectivity index (χ0n) is 13.5. The number of amides is 1. The SMILES string of the molecule is O=C(NCc1ccc(-c2nc3ccccc3s2)o1)C1CCCCC1. The summed E-state index contributed by atoms with van der Waals surface area (Å²) in [4.78, 5) is 16.8. The van der Waals surface area contributed by atoms with E-state index in [0.29, 0.717) is 6.54 Å². The molecule has 4 nitrogen and oxygen atoms in total. The maximum absolute atomic E-state index is 12.2. The molecule has 0 unspecified atom stereocenters. The monoisotopic (exact) mass is 340 g/mol. The fourth-order valence-electron chi connectivity index (χ4n) is 3.25. The normalized spacial score (nSPS) is 15.7. The third kappa shape index (κ3) is 3.22. The second-order valence-corrected chi connectivity index (χ2v) is 7.34. The molecule has 1 aromatic carbocycles. The van der Waals surface area contributed by atoms with Crippen molar-refractivity contribution in [3.63, 3.8) is 0 Å². The summed E-state index contributed by atoms with van der Waals surface area (Å²) in [7, 11) is 0. The molecule has 0 aliphatic heterocycles. The van der Waals surface area contributed by atoms with Crippen molar-refractivity contribution in [1.29, 1.82) is 0 Å². The van der Waals surface area contributed by atoms with E-state index in [1.165, 1.54) is 19.3 Å². The van der Waals surface area contributed by atoms with Crippen molar-refractivity contribution in [2.24, 2.45) is 5.92 Å². The molecule has 5 heteroatoms. The molecular weight excluding hydrogens is 320 g/mol. The highest BCUT2D eigenvalue weighted by Gasteiger charge is 2.21. The number of aromatic nitrogens is 1. The first kappa shape index (κ1) is 15.4. The standard InChI is InChI=1S/C19H20N2O2S/c22-18(13-6-2-1-3-7-13)20-12-14-10-11-16(23-14)19-21-15-8-4-5-9-17(15)24-19/h4-5,8-11,13H,1-3,6-7,12H2,(H,20,22). The summed E-state index contributed by atoms with van der Waals surface area (Å²) >= 11 is 1.62. The van der Waals surface area contributed by atoms with Crippen LogP contribution in [-0.2, 0) is 11.3 Å². The average molecular weight is 340 g/mol. The van der Waals surface area contributed by atoms with E-state index in [1.807, 2.05) is 30.3 Å². The zero-order chi connectivity index (χ0) is 16.4. The van der Waals surface area contributed by atoms with E-state index in [-0.39, 0.29) is 11.8 Å². The summed E-state index contributed by atoms with van der Waals surface area (Å²) in [6.07, 6.45) is 5.62. The summed E-state index contributed by atoms with van der Waals surface area (Å²) in [6, 6.07) is 11.9. The number of benzene rings is 1. The Labute approximate surface area is 144 Å². The van der Waals surface area contributed by atoms with Crippen LogP contribution in [0.2, 0.25) is 0 Å². The van der Waals surface area contributed by atoms with Crippen molar-refractivity contribution >= 4 is 27.5 Å². The minimum atomic E-state index is 0.160. The van der Waals surface area contributed by atoms with E-state index in [0.717, 1.165) is 39.6 Å². The Morgan fingerprint density at radius 3 is 2.83 bits per heavy atom. The van der Waals surface area contributed by atoms with Crippen molar-refractivity contribution in [2.75, 3.05) is 0 Å². The van der Waals surface area contributed by atoms with Gasteiger partial charge in [-0.25, -0.2) is 4.98 Å². The molecule has 1 aliphatic carbocycles. The summed E-state index contributed by atoms with van der Waals surface area (Å²) in [5.41, 5.74) is 0.987. The van der Waals surface area contributed by atoms with Crippen LogP contribution in [0.25, 0.3) is 21.0 Å². The molecule has 1 N–H and O–H groups in total. The summed E-state index contributed by atoms with van der Waals surface area (Å²) in [6.45, 7) is 0.445. The molecule has 2 heterocycles. The van der Waals surface area contributed by atoms with Crippen LogP contribution in [0.1, 0.15) is 37.9 Å². The summed E-state index contributed by atoms with van der Waals surface area (Å²) in [5, 5.41) is 3.89. The van der Waals surface area contributed by atoms with Gasteiger partial charge in [0.25, 0.3) is 0 Å². The van der Waals surface area contributed by atoms with Crippen LogP contribution in [0.4, 0.5) is 0 Å². The molecular formula is C19H20N2O2S. The second-order valence-electron chi connectivity index (χ2n) is 6.31. The van der Waals surface area contributed by atoms with Gasteiger partial charge in [-0.05, 0) is 37.1 Å². The molecule has 124 valence electrons. The smallest absolute Gasteiger partial charge is 0.223 e. The molecule has 1 amide bonds. The Morgan fingerprint density at radius 1 is 1.17 bits per heavy atom. The highest BCUT2D eigenvalue weighted by Crippen LogP contribution is 2.31. The minimum Gasteiger partial charge on any atom is -0.457 e. The van der Waals surface area contributed by atoms with E-state index < -0.39 is 0 Å². The number of hydrogen-bond donors (Lipinski definition) is 1. The van der Waals surface area contributed by atoms with E-state index in [2.05, 4.69) is 16.4 Å². The lowest BCUT2D eigenvalue weighted by Crippen LogP contribution is -2.31. The maximum Gasteiger partial charge on any atom is 0.223 e. The predicted octanol–water partition coefficient (Wildman–Crippen LogP) is 4.75. The highest BCUT2D eigenvalue weighted by molar-refractivity contribution is 7.21. The van der Waals surface area contributed by atoms with Gasteiger partial charge in [-0.2, -0.15) is 0 Å². The summed E-state index contributed by atoms with van der Waals surface area (Å²) < 4.78 is 7.02. The minimum absolute atomic E-state index is 0.160. The van der Waals surface area contributed by atoms with E-state index >= 15 is 0 Å². The number of nitrogens with one attached hydrogen (secondary N) is 1. The third-order valence-electron chi connectivity index (χ3n) is 4.58. The molecule has 0 atom stereocenters. The zero-order valence-corrected chi connectivity index (χ0v) is 14.3. The van der Waals surface area contributed by atoms with E-state index in [9.17, 15) is 4.79 Å². The summed E-state index contributed by atoms with van der Waals surface area (Å²) in [5.74, 6) is 1.87. The number of carbonyl (C=O) groups is 1. The van der Waals surface area contributed by atoms with Crippen molar-refractivity contribution in [3.8, 4) is 10.8 Å². The molecule has 1 saturated carbocycles. The number of hydrogen-bond acceptors (Lipinski definition) is 4. The Hall–Kier alpha value is -2.14. The van der Waals surface area contributed by atoms with Gasteiger partial charge >= 0.3 is 0 Å². The first-order chi connectivity index (χ1) is 11.8. The number of nitrogens with zero attached hydrogens (tertiary/aromatic N) is 1. The molecule has 0 spiro atoms. The number of fused-ring (bicyclic) bond motifs is 1. The largest absolute Gasteiger partial charge is 0.457 e. The third-order valence-corrected chi connectivity index (χ3v) is 5.63. The van der Waals surface area contributed by atoms with Gasteiger partial charge in [-0.15, -0.1) is 11.3 Å². The first-order valence-electron chi connectivity index (χ1n) is 8.52. The molecule has 0 saturated heterocycles. The van der Waals surface area contributed by atoms with Gasteiger partial charge in [-0.1, -0.05) is 31.4 Å². The van der Waals surface area contributed by atoms with E-state index in [1.54, 1.807) is 11.3 Å². The van der Waals surface area contributed by atoms with Crippen LogP contribution in [-0.4, -0.2) is 10.9 Å². The average Bonchev–Trinajstić information content (AvgIpc) is 3.27. The molecule has 0 bridgehead atoms. The number of para-hydroxylation sites is 1. The Bertz CT molecular complexity index is 813. The lowest BCUT2D eigenvalue weighted by molar-refractivity contribution is -0.126. The van der Waals surface area contributed by atoms with E-state index in [4.69, 9.17) is 4.42 Å². The lowest BCUT2D eigenvalue weighted by atomic mass is 9.89. The molecule has 1 fully saturated rings. The van der Waals surface area contributed by atoms with Crippen molar-refractivity contribution in [1.82, 2.24) is 10.3 Å². The molecule has 0 radical (unpaired) electrons. The fraction of sp³-hybridized carbons (Fsp3) is 0.368. The van der Waals surface area contributed by atoms with Crippen molar-refractivity contribution in [3.05, 3.63) is 42.2 Å². The quantitative estimate of drug-likeness (QED) is 0.745. The lowest BCUT2D eigenvalue weighted by Gasteiger charge is -2.20. The van der Waals surface area contributed by atoms with Crippen LogP contribution in [0.15, 0.2) is 40.8 Å². The van der Waals surface area contributed by atoms with Gasteiger partial charge in [0.15, 0.2) is 10.8 Å². The second kappa shape index (κ2) is 6.77. The fourth-order valence-corrected chi connectivity index (χ4v) is 4.18. The van der Waals surface area contributed by atoms with Gasteiger partial charge in [0, 0.05) is 5.92 Å². The Morgan fingerprint density at radius 2 is 2.00 bits per heavy atom. The van der Waals surface area contributed by atoms with Crippen LogP contribution < -0.4 is 5.32 Å². The van der Waals surface area contributed by atoms with Crippen LogP contribution >= 0.6 is 11.3 Å². The first-order valence-corrected chi connectivity index (χ1v) is 9.33.